The molecule has 0 aliphatic heterocycles. The van der Waals surface area contributed by atoms with Crippen LogP contribution in [0.25, 0.3) is 0 Å². The molecule has 0 fully saturated rings. The molecule has 0 unspecified atom stereocenters. The monoisotopic (exact) mass is 392 g/mol. The van der Waals surface area contributed by atoms with Gasteiger partial charge in [0.25, 0.3) is 0 Å². The van der Waals surface area contributed by atoms with Gasteiger partial charge in [0.1, 0.15) is 0 Å². The standard InChI is InChI=1S/C24H40O2S/c1-19-20(2)24(26)22(21(3)23(19)25)17-15-13-11-9-7-5-4-6-8-10-12-14-16-18-27/h27H,4-18H2,1-3H3. The van der Waals surface area contributed by atoms with Crippen molar-refractivity contribution in [1.29, 1.82) is 0 Å². The van der Waals surface area contributed by atoms with Gasteiger partial charge in [-0.05, 0) is 45.8 Å². The van der Waals surface area contributed by atoms with Crippen molar-refractivity contribution in [1.82, 2.24) is 0 Å². The highest BCUT2D eigenvalue weighted by molar-refractivity contribution is 7.80. The second-order valence-corrected chi connectivity index (χ2v) is 8.53. The van der Waals surface area contributed by atoms with Gasteiger partial charge >= 0.3 is 0 Å². The summed E-state index contributed by atoms with van der Waals surface area (Å²) in [5.41, 5.74) is 2.70. The quantitative estimate of drug-likeness (QED) is 0.182. The van der Waals surface area contributed by atoms with Crippen LogP contribution < -0.4 is 0 Å². The Bertz CT molecular complexity index is 543. The van der Waals surface area contributed by atoms with E-state index >= 15 is 0 Å². The molecule has 0 bridgehead atoms. The van der Waals surface area contributed by atoms with Gasteiger partial charge in [0, 0.05) is 22.3 Å². The van der Waals surface area contributed by atoms with Crippen molar-refractivity contribution in [2.24, 2.45) is 0 Å². The van der Waals surface area contributed by atoms with Gasteiger partial charge in [-0.2, -0.15) is 12.6 Å². The molecule has 3 heteroatoms. The van der Waals surface area contributed by atoms with E-state index in [0.29, 0.717) is 16.7 Å². The van der Waals surface area contributed by atoms with E-state index in [-0.39, 0.29) is 11.6 Å². The molecule has 1 aliphatic carbocycles. The first kappa shape index (κ1) is 24.2. The van der Waals surface area contributed by atoms with Crippen LogP contribution in [0.15, 0.2) is 22.3 Å². The van der Waals surface area contributed by atoms with Gasteiger partial charge in [-0.15, -0.1) is 0 Å². The van der Waals surface area contributed by atoms with Gasteiger partial charge in [0.15, 0.2) is 11.6 Å². The molecule has 0 aromatic rings. The Labute approximate surface area is 172 Å². The van der Waals surface area contributed by atoms with E-state index in [0.717, 1.165) is 30.6 Å². The molecule has 0 aromatic carbocycles. The fraction of sp³-hybridized carbons (Fsp3) is 0.750. The molecule has 1 rings (SSSR count). The molecule has 154 valence electrons. The zero-order valence-electron chi connectivity index (χ0n) is 17.9. The van der Waals surface area contributed by atoms with Gasteiger partial charge in [-0.3, -0.25) is 9.59 Å². The van der Waals surface area contributed by atoms with Crippen LogP contribution in [0.5, 0.6) is 0 Å². The molecule has 2 nitrogen and oxygen atoms in total. The van der Waals surface area contributed by atoms with Crippen LogP contribution in [-0.2, 0) is 9.59 Å². The number of ketones is 2. The van der Waals surface area contributed by atoms with E-state index in [1.54, 1.807) is 13.8 Å². The Morgan fingerprint density at radius 3 is 1.33 bits per heavy atom. The highest BCUT2D eigenvalue weighted by atomic mass is 32.1. The third-order valence-electron chi connectivity index (χ3n) is 5.90. The largest absolute Gasteiger partial charge is 0.289 e. The summed E-state index contributed by atoms with van der Waals surface area (Å²) in [6, 6.07) is 0. The van der Waals surface area contributed by atoms with Crippen molar-refractivity contribution in [2.75, 3.05) is 5.75 Å². The Morgan fingerprint density at radius 2 is 0.889 bits per heavy atom. The van der Waals surface area contributed by atoms with Gasteiger partial charge < -0.3 is 0 Å². The Balaban J connectivity index is 2.02. The van der Waals surface area contributed by atoms with Crippen molar-refractivity contribution in [2.45, 2.75) is 111 Å². The summed E-state index contributed by atoms with van der Waals surface area (Å²) >= 11 is 4.25. The van der Waals surface area contributed by atoms with Gasteiger partial charge in [0.05, 0.1) is 0 Å². The lowest BCUT2D eigenvalue weighted by Crippen LogP contribution is -2.20. The maximum absolute atomic E-state index is 12.4. The van der Waals surface area contributed by atoms with Gasteiger partial charge in [0.2, 0.25) is 0 Å². The molecule has 0 saturated heterocycles. The minimum atomic E-state index is 0.0591. The summed E-state index contributed by atoms with van der Waals surface area (Å²) in [6.07, 6.45) is 17.7. The Hall–Kier alpha value is -0.830. The first-order valence-electron chi connectivity index (χ1n) is 11.1. The Kier molecular flexibility index (Phi) is 12.7. The number of rotatable bonds is 15. The van der Waals surface area contributed by atoms with Crippen LogP contribution in [0, 0.1) is 0 Å². The number of unbranched alkanes of at least 4 members (excludes halogenated alkanes) is 12. The van der Waals surface area contributed by atoms with E-state index in [1.165, 1.54) is 70.6 Å². The predicted molar refractivity (Wildman–Crippen MR) is 120 cm³/mol. The first-order valence-corrected chi connectivity index (χ1v) is 11.7. The zero-order chi connectivity index (χ0) is 20.1. The Morgan fingerprint density at radius 1 is 0.519 bits per heavy atom. The topological polar surface area (TPSA) is 34.1 Å². The second kappa shape index (κ2) is 14.2. The fourth-order valence-electron chi connectivity index (χ4n) is 3.81. The van der Waals surface area contributed by atoms with Crippen molar-refractivity contribution in [3.05, 3.63) is 22.3 Å². The molecule has 0 aromatic heterocycles. The number of hydrogen-bond donors (Lipinski definition) is 1. The van der Waals surface area contributed by atoms with Crippen LogP contribution in [-0.4, -0.2) is 17.3 Å². The number of hydrogen-bond acceptors (Lipinski definition) is 3. The lowest BCUT2D eigenvalue weighted by atomic mass is 9.84. The molecule has 0 N–H and O–H groups in total. The van der Waals surface area contributed by atoms with E-state index < -0.39 is 0 Å². The summed E-state index contributed by atoms with van der Waals surface area (Å²) in [5.74, 6) is 1.18. The SMILES string of the molecule is CC1=C(C)C(=O)C(CCCCCCCCCCCCCCCS)=C(C)C1=O. The molecule has 0 radical (unpaired) electrons. The van der Waals surface area contributed by atoms with Crippen LogP contribution in [0.1, 0.15) is 111 Å². The number of carbonyl (C=O) groups excluding carboxylic acids is 2. The van der Waals surface area contributed by atoms with Crippen molar-refractivity contribution in [3.63, 3.8) is 0 Å². The van der Waals surface area contributed by atoms with Crippen molar-refractivity contribution >= 4 is 24.2 Å². The molecule has 27 heavy (non-hydrogen) atoms. The lowest BCUT2D eigenvalue weighted by molar-refractivity contribution is -0.116. The maximum Gasteiger partial charge on any atom is 0.185 e. The average Bonchev–Trinajstić information content (AvgIpc) is 2.67. The highest BCUT2D eigenvalue weighted by Crippen LogP contribution is 2.27. The van der Waals surface area contributed by atoms with E-state index in [4.69, 9.17) is 0 Å². The second-order valence-electron chi connectivity index (χ2n) is 8.08. The van der Waals surface area contributed by atoms with Gasteiger partial charge in [-0.1, -0.05) is 70.6 Å². The normalized spacial score (nSPS) is 15.3. The molecule has 0 heterocycles. The summed E-state index contributed by atoms with van der Waals surface area (Å²) in [5, 5.41) is 0. The zero-order valence-corrected chi connectivity index (χ0v) is 18.8. The lowest BCUT2D eigenvalue weighted by Gasteiger charge is -2.18. The van der Waals surface area contributed by atoms with Crippen LogP contribution in [0.4, 0.5) is 0 Å². The molecule has 0 atom stereocenters. The van der Waals surface area contributed by atoms with E-state index in [9.17, 15) is 9.59 Å². The fourth-order valence-corrected chi connectivity index (χ4v) is 4.04. The summed E-state index contributed by atoms with van der Waals surface area (Å²) in [7, 11) is 0. The van der Waals surface area contributed by atoms with E-state index in [2.05, 4.69) is 12.6 Å². The average molecular weight is 393 g/mol. The molecule has 0 saturated carbocycles. The minimum Gasteiger partial charge on any atom is -0.289 e. The third-order valence-corrected chi connectivity index (χ3v) is 6.21. The molecular weight excluding hydrogens is 352 g/mol. The smallest absolute Gasteiger partial charge is 0.185 e. The van der Waals surface area contributed by atoms with Crippen molar-refractivity contribution in [3.8, 4) is 0 Å². The summed E-state index contributed by atoms with van der Waals surface area (Å²) in [6.45, 7) is 5.36. The van der Waals surface area contributed by atoms with E-state index in [1.807, 2.05) is 6.92 Å². The number of carbonyl (C=O) groups is 2. The molecule has 0 spiro atoms. The van der Waals surface area contributed by atoms with Crippen LogP contribution in [0.3, 0.4) is 0 Å². The predicted octanol–water partition coefficient (Wildman–Crippen LogP) is 7.18. The minimum absolute atomic E-state index is 0.0591. The van der Waals surface area contributed by atoms with Crippen molar-refractivity contribution < 1.29 is 9.59 Å². The summed E-state index contributed by atoms with van der Waals surface area (Å²) < 4.78 is 0. The molecule has 0 amide bonds. The highest BCUT2D eigenvalue weighted by Gasteiger charge is 2.26. The maximum atomic E-state index is 12.4. The molecule has 1 aliphatic rings. The van der Waals surface area contributed by atoms with Gasteiger partial charge in [-0.25, -0.2) is 0 Å². The number of allylic oxidation sites excluding steroid dienone is 4. The summed E-state index contributed by atoms with van der Waals surface area (Å²) in [4.78, 5) is 24.6. The first-order chi connectivity index (χ1) is 13.0. The molecular formula is C24H40O2S. The number of Topliss-reactive ketones (excluding diaryl/α,β-unsaturated/α-hetero) is 2. The number of thiol groups is 1. The van der Waals surface area contributed by atoms with Crippen LogP contribution in [0.2, 0.25) is 0 Å². The van der Waals surface area contributed by atoms with Crippen LogP contribution >= 0.6 is 12.6 Å². The third kappa shape index (κ3) is 8.81.